The van der Waals surface area contributed by atoms with Gasteiger partial charge in [0.2, 0.25) is 5.91 Å². The number of anilines is 1. The monoisotopic (exact) mass is 333 g/mol. The Morgan fingerprint density at radius 2 is 2.00 bits per heavy atom. The second-order valence-corrected chi connectivity index (χ2v) is 5.71. The quantitative estimate of drug-likeness (QED) is 0.742. The fourth-order valence-electron chi connectivity index (χ4n) is 2.05. The van der Waals surface area contributed by atoms with Gasteiger partial charge < -0.3 is 10.1 Å². The zero-order valence-electron chi connectivity index (χ0n) is 13.3. The molecule has 122 valence electrons. The van der Waals surface area contributed by atoms with Crippen molar-refractivity contribution in [1.82, 2.24) is 9.97 Å². The summed E-state index contributed by atoms with van der Waals surface area (Å²) in [5.74, 6) is 0.670. The van der Waals surface area contributed by atoms with Crippen LogP contribution in [0.25, 0.3) is 0 Å². The van der Waals surface area contributed by atoms with Crippen LogP contribution in [0.4, 0.5) is 5.69 Å². The number of nitrogens with one attached hydrogen (secondary N) is 1. The van der Waals surface area contributed by atoms with Crippen LogP contribution in [0.2, 0.25) is 5.02 Å². The summed E-state index contributed by atoms with van der Waals surface area (Å²) in [4.78, 5) is 19.8. The minimum Gasteiger partial charge on any atom is -0.424 e. The van der Waals surface area contributed by atoms with Gasteiger partial charge in [0.25, 0.3) is 0 Å². The van der Waals surface area contributed by atoms with Gasteiger partial charge in [-0.05, 0) is 37.1 Å². The first-order chi connectivity index (χ1) is 11.1. The van der Waals surface area contributed by atoms with Crippen LogP contribution in [0.3, 0.4) is 0 Å². The van der Waals surface area contributed by atoms with Gasteiger partial charge in [0.15, 0.2) is 0 Å². The molecule has 0 unspecified atom stereocenters. The zero-order valence-corrected chi connectivity index (χ0v) is 14.1. The lowest BCUT2D eigenvalue weighted by atomic mass is 10.1. The molecule has 1 aromatic heterocycles. The molecule has 0 aliphatic heterocycles. The van der Waals surface area contributed by atoms with Crippen molar-refractivity contribution in [1.29, 1.82) is 0 Å². The lowest BCUT2D eigenvalue weighted by Crippen LogP contribution is -2.11. The van der Waals surface area contributed by atoms with Crippen molar-refractivity contribution in [2.24, 2.45) is 0 Å². The number of unbranched alkanes of at least 4 members (excludes halogenated alkanes) is 2. The smallest absolute Gasteiger partial charge is 0.321 e. The number of ether oxygens (including phenoxy) is 1. The number of carbonyl (C=O) groups excluding carboxylic acids is 1. The van der Waals surface area contributed by atoms with Gasteiger partial charge in [0, 0.05) is 12.1 Å². The molecule has 1 amide bonds. The van der Waals surface area contributed by atoms with E-state index < -0.39 is 0 Å². The predicted molar refractivity (Wildman–Crippen MR) is 91.1 cm³/mol. The van der Waals surface area contributed by atoms with Crippen molar-refractivity contribution in [3.05, 3.63) is 41.2 Å². The average Bonchev–Trinajstić information content (AvgIpc) is 2.52. The third kappa shape index (κ3) is 5.53. The molecule has 1 heterocycles. The average molecular weight is 334 g/mol. The van der Waals surface area contributed by atoms with Crippen LogP contribution in [0.15, 0.2) is 30.6 Å². The molecule has 2 rings (SSSR count). The Kier molecular flexibility index (Phi) is 6.35. The van der Waals surface area contributed by atoms with Crippen LogP contribution in [0, 0.1) is 6.92 Å². The molecule has 23 heavy (non-hydrogen) atoms. The van der Waals surface area contributed by atoms with E-state index in [0.717, 1.165) is 30.5 Å². The minimum absolute atomic E-state index is 0.0348. The molecule has 0 saturated carbocycles. The molecule has 5 nitrogen and oxygen atoms in total. The van der Waals surface area contributed by atoms with Crippen LogP contribution < -0.4 is 10.1 Å². The molecule has 0 fully saturated rings. The molecule has 0 aliphatic carbocycles. The second-order valence-electron chi connectivity index (χ2n) is 5.27. The van der Waals surface area contributed by atoms with Crippen LogP contribution in [-0.2, 0) is 4.79 Å². The fraction of sp³-hybridized carbons (Fsp3) is 0.353. The Balaban J connectivity index is 1.97. The van der Waals surface area contributed by atoms with Crippen molar-refractivity contribution in [3.63, 3.8) is 0 Å². The number of aromatic nitrogens is 2. The summed E-state index contributed by atoms with van der Waals surface area (Å²) in [6.45, 7) is 4.02. The van der Waals surface area contributed by atoms with Gasteiger partial charge in [-0.15, -0.1) is 0 Å². The number of hydrogen-bond acceptors (Lipinski definition) is 4. The number of hydrogen-bond donors (Lipinski definition) is 1. The van der Waals surface area contributed by atoms with Gasteiger partial charge in [-0.2, -0.15) is 0 Å². The van der Waals surface area contributed by atoms with Crippen LogP contribution in [0.5, 0.6) is 11.8 Å². The van der Waals surface area contributed by atoms with E-state index >= 15 is 0 Å². The standard InChI is InChI=1S/C17H20ClN3O2/c1-3-4-5-6-16(22)21-14-7-8-15(12(2)9-14)23-17-19-10-13(18)11-20-17/h7-11H,3-6H2,1-2H3,(H,21,22). The van der Waals surface area contributed by atoms with Crippen molar-refractivity contribution in [2.45, 2.75) is 39.5 Å². The van der Waals surface area contributed by atoms with Gasteiger partial charge in [-0.25, -0.2) is 9.97 Å². The number of halogens is 1. The van der Waals surface area contributed by atoms with E-state index in [0.29, 0.717) is 17.2 Å². The van der Waals surface area contributed by atoms with Crippen molar-refractivity contribution < 1.29 is 9.53 Å². The van der Waals surface area contributed by atoms with E-state index in [1.54, 1.807) is 12.1 Å². The van der Waals surface area contributed by atoms with Crippen molar-refractivity contribution in [2.75, 3.05) is 5.32 Å². The number of amides is 1. The van der Waals surface area contributed by atoms with Gasteiger partial charge in [-0.1, -0.05) is 31.4 Å². The molecule has 0 spiro atoms. The van der Waals surface area contributed by atoms with E-state index in [-0.39, 0.29) is 11.9 Å². The first kappa shape index (κ1) is 17.2. The molecular formula is C17H20ClN3O2. The Hall–Kier alpha value is -2.14. The first-order valence-corrected chi connectivity index (χ1v) is 8.02. The molecular weight excluding hydrogens is 314 g/mol. The van der Waals surface area contributed by atoms with Crippen LogP contribution in [-0.4, -0.2) is 15.9 Å². The summed E-state index contributed by atoms with van der Waals surface area (Å²) in [6, 6.07) is 5.68. The highest BCUT2D eigenvalue weighted by Gasteiger charge is 2.07. The lowest BCUT2D eigenvalue weighted by Gasteiger charge is -2.10. The number of nitrogens with zero attached hydrogens (tertiary/aromatic N) is 2. The summed E-state index contributed by atoms with van der Waals surface area (Å²) in [5.41, 5.74) is 1.64. The molecule has 0 bridgehead atoms. The van der Waals surface area contributed by atoms with E-state index in [2.05, 4.69) is 22.2 Å². The topological polar surface area (TPSA) is 64.1 Å². The third-order valence-corrected chi connectivity index (χ3v) is 3.46. The summed E-state index contributed by atoms with van der Waals surface area (Å²) >= 11 is 5.74. The maximum atomic E-state index is 11.8. The molecule has 0 radical (unpaired) electrons. The second kappa shape index (κ2) is 8.48. The van der Waals surface area contributed by atoms with E-state index in [1.807, 2.05) is 13.0 Å². The summed E-state index contributed by atoms with van der Waals surface area (Å²) in [6.07, 6.45) is 6.58. The van der Waals surface area contributed by atoms with Crippen molar-refractivity contribution >= 4 is 23.2 Å². The number of benzene rings is 1. The summed E-state index contributed by atoms with van der Waals surface area (Å²) in [7, 11) is 0. The molecule has 0 saturated heterocycles. The SMILES string of the molecule is CCCCCC(=O)Nc1ccc(Oc2ncc(Cl)cn2)c(C)c1. The third-order valence-electron chi connectivity index (χ3n) is 3.26. The first-order valence-electron chi connectivity index (χ1n) is 7.64. The Morgan fingerprint density at radius 3 is 2.65 bits per heavy atom. The zero-order chi connectivity index (χ0) is 16.7. The summed E-state index contributed by atoms with van der Waals surface area (Å²) in [5, 5.41) is 3.35. The summed E-state index contributed by atoms with van der Waals surface area (Å²) < 4.78 is 5.61. The maximum Gasteiger partial charge on any atom is 0.321 e. The largest absolute Gasteiger partial charge is 0.424 e. The van der Waals surface area contributed by atoms with Crippen molar-refractivity contribution in [3.8, 4) is 11.8 Å². The lowest BCUT2D eigenvalue weighted by molar-refractivity contribution is -0.116. The number of aryl methyl sites for hydroxylation is 1. The van der Waals surface area contributed by atoms with Gasteiger partial charge >= 0.3 is 6.01 Å². The van der Waals surface area contributed by atoms with E-state index in [1.165, 1.54) is 12.4 Å². The maximum absolute atomic E-state index is 11.8. The van der Waals surface area contributed by atoms with Gasteiger partial charge in [0.05, 0.1) is 17.4 Å². The molecule has 1 aromatic carbocycles. The van der Waals surface area contributed by atoms with Crippen LogP contribution >= 0.6 is 11.6 Å². The van der Waals surface area contributed by atoms with Gasteiger partial charge in [-0.3, -0.25) is 4.79 Å². The molecule has 2 aromatic rings. The molecule has 0 aliphatic rings. The highest BCUT2D eigenvalue weighted by Crippen LogP contribution is 2.25. The van der Waals surface area contributed by atoms with E-state index in [4.69, 9.17) is 16.3 Å². The minimum atomic E-state index is 0.0348. The van der Waals surface area contributed by atoms with Gasteiger partial charge in [0.1, 0.15) is 5.75 Å². The molecule has 6 heteroatoms. The fourth-order valence-corrected chi connectivity index (χ4v) is 2.15. The Morgan fingerprint density at radius 1 is 1.26 bits per heavy atom. The Bertz CT molecular complexity index is 659. The normalized spacial score (nSPS) is 10.4. The number of rotatable bonds is 7. The molecule has 0 atom stereocenters. The highest BCUT2D eigenvalue weighted by atomic mass is 35.5. The van der Waals surface area contributed by atoms with Crippen LogP contribution in [0.1, 0.15) is 38.2 Å². The number of carbonyl (C=O) groups is 1. The highest BCUT2D eigenvalue weighted by molar-refractivity contribution is 6.30. The van der Waals surface area contributed by atoms with E-state index in [9.17, 15) is 4.79 Å². The Labute approximate surface area is 141 Å². The molecule has 1 N–H and O–H groups in total. The predicted octanol–water partition coefficient (Wildman–Crippen LogP) is 4.75.